The zero-order valence-corrected chi connectivity index (χ0v) is 16.6. The molecule has 3 aromatic heterocycles. The lowest BCUT2D eigenvalue weighted by atomic mass is 10.2. The van der Waals surface area contributed by atoms with Crippen molar-refractivity contribution in [3.63, 3.8) is 0 Å². The molecule has 2 N–H and O–H groups in total. The van der Waals surface area contributed by atoms with Crippen molar-refractivity contribution in [3.8, 4) is 11.3 Å². The largest absolute Gasteiger partial charge is 0.369 e. The predicted octanol–water partition coefficient (Wildman–Crippen LogP) is 2.85. The van der Waals surface area contributed by atoms with E-state index in [0.717, 1.165) is 54.2 Å². The molecule has 8 nitrogen and oxygen atoms in total. The monoisotopic (exact) mass is 388 g/mol. The van der Waals surface area contributed by atoms with Crippen molar-refractivity contribution in [1.29, 1.82) is 0 Å². The fourth-order valence-electron chi connectivity index (χ4n) is 3.71. The summed E-state index contributed by atoms with van der Waals surface area (Å²) in [7, 11) is 4.07. The molecule has 5 rings (SSSR count). The lowest BCUT2D eigenvalue weighted by Gasteiger charge is -2.34. The minimum Gasteiger partial charge on any atom is -0.369 e. The van der Waals surface area contributed by atoms with Gasteiger partial charge in [-0.3, -0.25) is 4.68 Å². The molecule has 0 spiro atoms. The van der Waals surface area contributed by atoms with Gasteiger partial charge in [0.2, 0.25) is 5.95 Å². The van der Waals surface area contributed by atoms with Crippen molar-refractivity contribution in [3.05, 3.63) is 48.9 Å². The average molecular weight is 388 g/mol. The molecule has 4 aromatic rings. The van der Waals surface area contributed by atoms with Gasteiger partial charge in [-0.05, 0) is 37.4 Å². The Balaban J connectivity index is 1.40. The van der Waals surface area contributed by atoms with Crippen LogP contribution in [0.3, 0.4) is 0 Å². The summed E-state index contributed by atoms with van der Waals surface area (Å²) < 4.78 is 1.78. The van der Waals surface area contributed by atoms with Crippen LogP contribution in [0.25, 0.3) is 22.3 Å². The number of aromatic nitrogens is 5. The maximum absolute atomic E-state index is 4.76. The molecule has 0 atom stereocenters. The van der Waals surface area contributed by atoms with Crippen LogP contribution in [0.15, 0.2) is 48.9 Å². The molecule has 8 heteroatoms. The zero-order valence-electron chi connectivity index (χ0n) is 16.6. The van der Waals surface area contributed by atoms with E-state index < -0.39 is 0 Å². The van der Waals surface area contributed by atoms with Crippen molar-refractivity contribution in [1.82, 2.24) is 29.6 Å². The standard InChI is InChI=1S/C21H24N8/c1-27-9-11-29(12-10-27)17-5-3-16(4-6-17)24-21-25-19(15-13-23-28(2)14-15)18-7-8-22-20(18)26-21/h3-8,13-14H,9-12H2,1-2H3,(H2,22,24,25,26). The van der Waals surface area contributed by atoms with Gasteiger partial charge in [0.15, 0.2) is 0 Å². The quantitative estimate of drug-likeness (QED) is 0.560. The zero-order chi connectivity index (χ0) is 19.8. The first-order valence-corrected chi connectivity index (χ1v) is 9.80. The Morgan fingerprint density at radius 1 is 0.966 bits per heavy atom. The number of piperazine rings is 1. The van der Waals surface area contributed by atoms with Gasteiger partial charge in [0.05, 0.1) is 11.9 Å². The molecule has 1 aliphatic rings. The predicted molar refractivity (Wildman–Crippen MR) is 116 cm³/mol. The number of H-pyrrole nitrogens is 1. The molecule has 1 aliphatic heterocycles. The molecule has 0 radical (unpaired) electrons. The number of fused-ring (bicyclic) bond motifs is 1. The van der Waals surface area contributed by atoms with Gasteiger partial charge in [-0.25, -0.2) is 4.98 Å². The van der Waals surface area contributed by atoms with Crippen LogP contribution in [-0.4, -0.2) is 62.9 Å². The number of nitrogens with one attached hydrogen (secondary N) is 2. The van der Waals surface area contributed by atoms with E-state index in [1.165, 1.54) is 5.69 Å². The first-order chi connectivity index (χ1) is 14.2. The van der Waals surface area contributed by atoms with E-state index >= 15 is 0 Å². The third-order valence-electron chi connectivity index (χ3n) is 5.39. The fourth-order valence-corrected chi connectivity index (χ4v) is 3.71. The molecular formula is C21H24N8. The summed E-state index contributed by atoms with van der Waals surface area (Å²) in [6, 6.07) is 10.5. The van der Waals surface area contributed by atoms with Crippen LogP contribution in [0.2, 0.25) is 0 Å². The molecule has 1 fully saturated rings. The summed E-state index contributed by atoms with van der Waals surface area (Å²) in [4.78, 5) is 17.4. The maximum Gasteiger partial charge on any atom is 0.229 e. The maximum atomic E-state index is 4.76. The number of aryl methyl sites for hydroxylation is 1. The van der Waals surface area contributed by atoms with Crippen LogP contribution in [0.4, 0.5) is 17.3 Å². The van der Waals surface area contributed by atoms with Crippen LogP contribution in [0.5, 0.6) is 0 Å². The summed E-state index contributed by atoms with van der Waals surface area (Å²) in [5, 5.41) is 8.60. The number of aromatic amines is 1. The summed E-state index contributed by atoms with van der Waals surface area (Å²) in [6.07, 6.45) is 5.67. The van der Waals surface area contributed by atoms with Crippen molar-refractivity contribution < 1.29 is 0 Å². The van der Waals surface area contributed by atoms with Gasteiger partial charge in [0.1, 0.15) is 5.65 Å². The molecule has 4 heterocycles. The first kappa shape index (κ1) is 17.7. The minimum absolute atomic E-state index is 0.561. The Morgan fingerprint density at radius 2 is 1.76 bits per heavy atom. The Morgan fingerprint density at radius 3 is 2.48 bits per heavy atom. The average Bonchev–Trinajstić information content (AvgIpc) is 3.37. The number of nitrogens with zero attached hydrogens (tertiary/aromatic N) is 6. The van der Waals surface area contributed by atoms with E-state index in [0.29, 0.717) is 5.95 Å². The molecule has 0 bridgehead atoms. The SMILES string of the molecule is CN1CCN(c2ccc(Nc3nc(-c4cnn(C)c4)c4cc[nH]c4n3)cc2)CC1. The fraction of sp³-hybridized carbons (Fsp3) is 0.286. The molecule has 1 saturated heterocycles. The van der Waals surface area contributed by atoms with Gasteiger partial charge in [0, 0.05) is 67.9 Å². The lowest BCUT2D eigenvalue weighted by molar-refractivity contribution is 0.313. The molecule has 0 unspecified atom stereocenters. The second-order valence-electron chi connectivity index (χ2n) is 7.50. The Hall–Kier alpha value is -3.39. The van der Waals surface area contributed by atoms with E-state index in [4.69, 9.17) is 4.98 Å². The summed E-state index contributed by atoms with van der Waals surface area (Å²) >= 11 is 0. The van der Waals surface area contributed by atoms with E-state index in [2.05, 4.69) is 61.5 Å². The summed E-state index contributed by atoms with van der Waals surface area (Å²) in [6.45, 7) is 4.32. The highest BCUT2D eigenvalue weighted by molar-refractivity contribution is 5.91. The van der Waals surface area contributed by atoms with Gasteiger partial charge in [0.25, 0.3) is 0 Å². The van der Waals surface area contributed by atoms with Crippen molar-refractivity contribution in [2.45, 2.75) is 0 Å². The van der Waals surface area contributed by atoms with Crippen LogP contribution < -0.4 is 10.2 Å². The highest BCUT2D eigenvalue weighted by Gasteiger charge is 2.15. The molecule has 0 amide bonds. The number of likely N-dealkylation sites (N-methyl/N-ethyl adjacent to an activating group) is 1. The van der Waals surface area contributed by atoms with Crippen molar-refractivity contribution >= 4 is 28.4 Å². The van der Waals surface area contributed by atoms with Crippen molar-refractivity contribution in [2.24, 2.45) is 7.05 Å². The van der Waals surface area contributed by atoms with Crippen molar-refractivity contribution in [2.75, 3.05) is 43.4 Å². The van der Waals surface area contributed by atoms with E-state index in [9.17, 15) is 0 Å². The molecule has 0 aliphatic carbocycles. The molecule has 148 valence electrons. The van der Waals surface area contributed by atoms with E-state index in [1.54, 1.807) is 4.68 Å². The van der Waals surface area contributed by atoms with Gasteiger partial charge < -0.3 is 20.1 Å². The number of anilines is 3. The third-order valence-corrected chi connectivity index (χ3v) is 5.39. The highest BCUT2D eigenvalue weighted by Crippen LogP contribution is 2.28. The van der Waals surface area contributed by atoms with Gasteiger partial charge in [-0.1, -0.05) is 0 Å². The lowest BCUT2D eigenvalue weighted by Crippen LogP contribution is -2.44. The normalized spacial score (nSPS) is 15.2. The van der Waals surface area contributed by atoms with Gasteiger partial charge >= 0.3 is 0 Å². The second-order valence-corrected chi connectivity index (χ2v) is 7.50. The van der Waals surface area contributed by atoms with E-state index in [1.807, 2.05) is 31.7 Å². The Labute approximate surface area is 169 Å². The molecule has 1 aromatic carbocycles. The third kappa shape index (κ3) is 3.54. The van der Waals surface area contributed by atoms with Crippen LogP contribution in [0.1, 0.15) is 0 Å². The van der Waals surface area contributed by atoms with Crippen LogP contribution in [0, 0.1) is 0 Å². The molecule has 0 saturated carbocycles. The topological polar surface area (TPSA) is 77.9 Å². The number of rotatable bonds is 4. The summed E-state index contributed by atoms with van der Waals surface area (Å²) in [5.41, 5.74) is 4.84. The number of benzene rings is 1. The highest BCUT2D eigenvalue weighted by atomic mass is 15.3. The Kier molecular flexibility index (Phi) is 4.40. The van der Waals surface area contributed by atoms with E-state index in [-0.39, 0.29) is 0 Å². The number of hydrogen-bond donors (Lipinski definition) is 2. The van der Waals surface area contributed by atoms with Crippen LogP contribution in [-0.2, 0) is 7.05 Å². The second kappa shape index (κ2) is 7.21. The smallest absolute Gasteiger partial charge is 0.229 e. The number of hydrogen-bond acceptors (Lipinski definition) is 6. The molecule has 29 heavy (non-hydrogen) atoms. The van der Waals surface area contributed by atoms with Crippen LogP contribution >= 0.6 is 0 Å². The molecular weight excluding hydrogens is 364 g/mol. The van der Waals surface area contributed by atoms with Gasteiger partial charge in [-0.2, -0.15) is 10.1 Å². The first-order valence-electron chi connectivity index (χ1n) is 9.80. The summed E-state index contributed by atoms with van der Waals surface area (Å²) in [5.74, 6) is 0.561. The Bertz CT molecular complexity index is 1120. The van der Waals surface area contributed by atoms with Gasteiger partial charge in [-0.15, -0.1) is 0 Å². The minimum atomic E-state index is 0.561.